The third kappa shape index (κ3) is 3.02. The van der Waals surface area contributed by atoms with Crippen molar-refractivity contribution in [2.45, 2.75) is 33.2 Å². The predicted octanol–water partition coefficient (Wildman–Crippen LogP) is 0.809. The standard InChI is InChI=1S/C12H22N4O2S/c1-3-5-16-12(11(13)10(2)14-16)15-6-4-8-19(17,18)9-7-15/h3-9,13H2,1-2H3. The van der Waals surface area contributed by atoms with Crippen LogP contribution in [0, 0.1) is 6.92 Å². The molecule has 1 aromatic heterocycles. The normalized spacial score (nSPS) is 19.4. The molecule has 0 atom stereocenters. The lowest BCUT2D eigenvalue weighted by atomic mass is 10.3. The van der Waals surface area contributed by atoms with Gasteiger partial charge < -0.3 is 10.6 Å². The minimum atomic E-state index is -2.90. The maximum absolute atomic E-state index is 11.7. The van der Waals surface area contributed by atoms with Gasteiger partial charge in [0.2, 0.25) is 0 Å². The Kier molecular flexibility index (Phi) is 4.03. The molecule has 108 valence electrons. The highest BCUT2D eigenvalue weighted by Gasteiger charge is 2.24. The fraction of sp³-hybridized carbons (Fsp3) is 0.750. The number of nitrogens with two attached hydrogens (primary N) is 1. The summed E-state index contributed by atoms with van der Waals surface area (Å²) >= 11 is 0. The largest absolute Gasteiger partial charge is 0.394 e. The number of nitrogens with zero attached hydrogens (tertiary/aromatic N) is 3. The molecule has 0 aliphatic carbocycles. The van der Waals surface area contributed by atoms with E-state index in [0.29, 0.717) is 18.7 Å². The van der Waals surface area contributed by atoms with Crippen molar-refractivity contribution >= 4 is 21.3 Å². The maximum atomic E-state index is 11.7. The first-order chi connectivity index (χ1) is 8.94. The van der Waals surface area contributed by atoms with Gasteiger partial charge in [-0.25, -0.2) is 13.1 Å². The van der Waals surface area contributed by atoms with Crippen molar-refractivity contribution in [3.8, 4) is 0 Å². The molecule has 0 aromatic carbocycles. The van der Waals surface area contributed by atoms with E-state index in [1.807, 2.05) is 11.6 Å². The molecule has 0 bridgehead atoms. The number of anilines is 2. The van der Waals surface area contributed by atoms with Crippen LogP contribution >= 0.6 is 0 Å². The van der Waals surface area contributed by atoms with Gasteiger partial charge in [0.15, 0.2) is 15.7 Å². The molecule has 2 N–H and O–H groups in total. The minimum absolute atomic E-state index is 0.197. The average Bonchev–Trinajstić information content (AvgIpc) is 2.50. The lowest BCUT2D eigenvalue weighted by Gasteiger charge is -2.23. The Morgan fingerprint density at radius 1 is 1.32 bits per heavy atom. The number of aryl methyl sites for hydroxylation is 2. The summed E-state index contributed by atoms with van der Waals surface area (Å²) in [5, 5.41) is 4.44. The number of nitrogen functional groups attached to an aromatic ring is 1. The lowest BCUT2D eigenvalue weighted by Crippen LogP contribution is -2.29. The monoisotopic (exact) mass is 286 g/mol. The van der Waals surface area contributed by atoms with Gasteiger partial charge in [0, 0.05) is 19.6 Å². The summed E-state index contributed by atoms with van der Waals surface area (Å²) in [5.41, 5.74) is 7.60. The third-order valence-electron chi connectivity index (χ3n) is 3.44. The SMILES string of the molecule is CCCn1nc(C)c(N)c1N1CCCS(=O)(=O)CC1. The first-order valence-corrected chi connectivity index (χ1v) is 8.55. The summed E-state index contributed by atoms with van der Waals surface area (Å²) in [6.45, 7) is 6.00. The second-order valence-corrected chi connectivity index (χ2v) is 7.34. The van der Waals surface area contributed by atoms with E-state index >= 15 is 0 Å². The van der Waals surface area contributed by atoms with E-state index in [9.17, 15) is 8.42 Å². The Morgan fingerprint density at radius 2 is 2.05 bits per heavy atom. The molecule has 19 heavy (non-hydrogen) atoms. The quantitative estimate of drug-likeness (QED) is 0.889. The molecule has 0 unspecified atom stereocenters. The van der Waals surface area contributed by atoms with Gasteiger partial charge in [0.1, 0.15) is 0 Å². The van der Waals surface area contributed by atoms with Gasteiger partial charge in [0.25, 0.3) is 0 Å². The molecule has 1 fully saturated rings. The Balaban J connectivity index is 2.30. The molecule has 1 aliphatic rings. The van der Waals surface area contributed by atoms with Gasteiger partial charge in [-0.1, -0.05) is 6.92 Å². The van der Waals surface area contributed by atoms with Crippen LogP contribution < -0.4 is 10.6 Å². The van der Waals surface area contributed by atoms with E-state index < -0.39 is 9.84 Å². The summed E-state index contributed by atoms with van der Waals surface area (Å²) in [6.07, 6.45) is 1.62. The van der Waals surface area contributed by atoms with Crippen LogP contribution in [0.2, 0.25) is 0 Å². The number of sulfone groups is 1. The molecule has 1 aliphatic heterocycles. The Bertz CT molecular complexity index is 550. The molecular weight excluding hydrogens is 264 g/mol. The van der Waals surface area contributed by atoms with Crippen molar-refractivity contribution in [2.24, 2.45) is 0 Å². The molecular formula is C12H22N4O2S. The zero-order valence-electron chi connectivity index (χ0n) is 11.6. The fourth-order valence-electron chi connectivity index (χ4n) is 2.43. The molecule has 2 heterocycles. The molecule has 0 spiro atoms. The summed E-state index contributed by atoms with van der Waals surface area (Å²) in [4.78, 5) is 2.07. The summed E-state index contributed by atoms with van der Waals surface area (Å²) in [5.74, 6) is 1.35. The van der Waals surface area contributed by atoms with E-state index in [-0.39, 0.29) is 11.5 Å². The number of aromatic nitrogens is 2. The average molecular weight is 286 g/mol. The Morgan fingerprint density at radius 3 is 2.74 bits per heavy atom. The van der Waals surface area contributed by atoms with Crippen LogP contribution in [-0.2, 0) is 16.4 Å². The molecule has 1 aromatic rings. The van der Waals surface area contributed by atoms with Gasteiger partial charge in [-0.3, -0.25) is 0 Å². The van der Waals surface area contributed by atoms with Gasteiger partial charge in [0.05, 0.1) is 22.9 Å². The van der Waals surface area contributed by atoms with Crippen molar-refractivity contribution < 1.29 is 8.42 Å². The minimum Gasteiger partial charge on any atom is -0.394 e. The van der Waals surface area contributed by atoms with Crippen LogP contribution in [-0.4, -0.2) is 42.8 Å². The molecule has 6 nitrogen and oxygen atoms in total. The second-order valence-electron chi connectivity index (χ2n) is 5.04. The zero-order valence-corrected chi connectivity index (χ0v) is 12.4. The van der Waals surface area contributed by atoms with Crippen molar-refractivity contribution in [1.82, 2.24) is 9.78 Å². The molecule has 2 rings (SSSR count). The van der Waals surface area contributed by atoms with Crippen LogP contribution in [0.25, 0.3) is 0 Å². The Labute approximate surface area is 114 Å². The fourth-order valence-corrected chi connectivity index (χ4v) is 3.71. The summed E-state index contributed by atoms with van der Waals surface area (Å²) < 4.78 is 25.2. The number of hydrogen-bond acceptors (Lipinski definition) is 5. The molecule has 0 amide bonds. The first-order valence-electron chi connectivity index (χ1n) is 6.73. The van der Waals surface area contributed by atoms with E-state index in [1.165, 1.54) is 0 Å². The predicted molar refractivity (Wildman–Crippen MR) is 77.2 cm³/mol. The Hall–Kier alpha value is -1.24. The van der Waals surface area contributed by atoms with Crippen molar-refractivity contribution in [1.29, 1.82) is 0 Å². The first kappa shape index (κ1) is 14.2. The van der Waals surface area contributed by atoms with Gasteiger partial charge in [-0.15, -0.1) is 0 Å². The number of hydrogen-bond donors (Lipinski definition) is 1. The van der Waals surface area contributed by atoms with Gasteiger partial charge in [-0.05, 0) is 19.8 Å². The lowest BCUT2D eigenvalue weighted by molar-refractivity contribution is 0.586. The summed E-state index contributed by atoms with van der Waals surface area (Å²) in [7, 11) is -2.90. The van der Waals surface area contributed by atoms with Crippen LogP contribution in [0.4, 0.5) is 11.5 Å². The number of rotatable bonds is 3. The van der Waals surface area contributed by atoms with E-state index in [0.717, 1.165) is 31.0 Å². The van der Waals surface area contributed by atoms with Crippen molar-refractivity contribution in [3.05, 3.63) is 5.69 Å². The van der Waals surface area contributed by atoms with Crippen LogP contribution in [0.3, 0.4) is 0 Å². The molecule has 0 saturated carbocycles. The smallest absolute Gasteiger partial charge is 0.152 e. The molecule has 7 heteroatoms. The van der Waals surface area contributed by atoms with E-state index in [1.54, 1.807) is 0 Å². The maximum Gasteiger partial charge on any atom is 0.152 e. The van der Waals surface area contributed by atoms with Crippen molar-refractivity contribution in [3.63, 3.8) is 0 Å². The van der Waals surface area contributed by atoms with Crippen LogP contribution in [0.15, 0.2) is 0 Å². The van der Waals surface area contributed by atoms with E-state index in [2.05, 4.69) is 16.9 Å². The third-order valence-corrected chi connectivity index (χ3v) is 5.15. The van der Waals surface area contributed by atoms with Gasteiger partial charge in [-0.2, -0.15) is 5.10 Å². The second kappa shape index (κ2) is 5.40. The highest BCUT2D eigenvalue weighted by Crippen LogP contribution is 2.27. The summed E-state index contributed by atoms with van der Waals surface area (Å²) in [6, 6.07) is 0. The zero-order chi connectivity index (χ0) is 14.0. The van der Waals surface area contributed by atoms with Gasteiger partial charge >= 0.3 is 0 Å². The molecule has 0 radical (unpaired) electrons. The molecule has 1 saturated heterocycles. The van der Waals surface area contributed by atoms with Crippen molar-refractivity contribution in [2.75, 3.05) is 35.2 Å². The van der Waals surface area contributed by atoms with Crippen LogP contribution in [0.5, 0.6) is 0 Å². The van der Waals surface area contributed by atoms with E-state index in [4.69, 9.17) is 5.73 Å². The van der Waals surface area contributed by atoms with Crippen LogP contribution in [0.1, 0.15) is 25.5 Å². The highest BCUT2D eigenvalue weighted by molar-refractivity contribution is 7.91. The highest BCUT2D eigenvalue weighted by atomic mass is 32.2. The topological polar surface area (TPSA) is 81.2 Å².